The Balaban J connectivity index is 2.01. The van der Waals surface area contributed by atoms with Crippen molar-refractivity contribution < 1.29 is 23.9 Å². The van der Waals surface area contributed by atoms with Crippen LogP contribution in [0.15, 0.2) is 0 Å². The number of aryl methyl sites for hydroxylation is 1. The second-order valence-corrected chi connectivity index (χ2v) is 8.52. The SMILES string of the molecule is CCOC(=O)c1c(NC(=O)C(C)N(C)CC(=O)NCCCOC)sc2c1CCCC2. The van der Waals surface area contributed by atoms with Crippen LogP contribution >= 0.6 is 11.3 Å². The first-order valence-electron chi connectivity index (χ1n) is 10.5. The first-order valence-corrected chi connectivity index (χ1v) is 11.3. The largest absolute Gasteiger partial charge is 0.462 e. The number of nitrogens with zero attached hydrogens (tertiary/aromatic N) is 1. The molecule has 1 aliphatic rings. The molecular formula is C21H33N3O5S. The maximum absolute atomic E-state index is 12.8. The highest BCUT2D eigenvalue weighted by atomic mass is 32.1. The second kappa shape index (κ2) is 12.0. The predicted molar refractivity (Wildman–Crippen MR) is 117 cm³/mol. The summed E-state index contributed by atoms with van der Waals surface area (Å²) < 4.78 is 10.2. The van der Waals surface area contributed by atoms with Crippen LogP contribution in [0.4, 0.5) is 5.00 Å². The molecule has 0 spiro atoms. The van der Waals surface area contributed by atoms with E-state index in [2.05, 4.69) is 10.6 Å². The first kappa shape index (κ1) is 24.3. The minimum atomic E-state index is -0.538. The van der Waals surface area contributed by atoms with Crippen LogP contribution < -0.4 is 10.6 Å². The Bertz CT molecular complexity index is 749. The van der Waals surface area contributed by atoms with E-state index >= 15 is 0 Å². The summed E-state index contributed by atoms with van der Waals surface area (Å²) in [6, 6.07) is -0.538. The molecule has 2 N–H and O–H groups in total. The third-order valence-corrected chi connectivity index (χ3v) is 6.38. The molecule has 2 rings (SSSR count). The summed E-state index contributed by atoms with van der Waals surface area (Å²) in [5.41, 5.74) is 1.51. The number of carbonyl (C=O) groups is 3. The van der Waals surface area contributed by atoms with Gasteiger partial charge in [-0.15, -0.1) is 11.3 Å². The summed E-state index contributed by atoms with van der Waals surface area (Å²) in [5, 5.41) is 6.27. The average Bonchev–Trinajstić information content (AvgIpc) is 3.08. The number of hydrogen-bond donors (Lipinski definition) is 2. The molecule has 1 heterocycles. The average molecular weight is 440 g/mol. The van der Waals surface area contributed by atoms with Gasteiger partial charge in [-0.05, 0) is 58.6 Å². The lowest BCUT2D eigenvalue weighted by Gasteiger charge is -2.23. The van der Waals surface area contributed by atoms with Crippen LogP contribution in [0.1, 0.15) is 53.9 Å². The van der Waals surface area contributed by atoms with Gasteiger partial charge >= 0.3 is 5.97 Å². The van der Waals surface area contributed by atoms with Gasteiger partial charge in [0.25, 0.3) is 0 Å². The maximum atomic E-state index is 12.8. The summed E-state index contributed by atoms with van der Waals surface area (Å²) >= 11 is 1.46. The van der Waals surface area contributed by atoms with E-state index in [-0.39, 0.29) is 30.9 Å². The summed E-state index contributed by atoms with van der Waals surface area (Å²) in [7, 11) is 3.35. The van der Waals surface area contributed by atoms with E-state index in [4.69, 9.17) is 9.47 Å². The summed E-state index contributed by atoms with van der Waals surface area (Å²) in [4.78, 5) is 40.3. The molecule has 1 aliphatic carbocycles. The Hall–Kier alpha value is -1.97. The fourth-order valence-electron chi connectivity index (χ4n) is 3.35. The molecule has 30 heavy (non-hydrogen) atoms. The minimum Gasteiger partial charge on any atom is -0.462 e. The molecule has 0 saturated carbocycles. The van der Waals surface area contributed by atoms with Crippen molar-refractivity contribution in [1.29, 1.82) is 0 Å². The molecule has 1 aromatic heterocycles. The Kier molecular flexibility index (Phi) is 9.74. The fraction of sp³-hybridized carbons (Fsp3) is 0.667. The van der Waals surface area contributed by atoms with Crippen LogP contribution in [0, 0.1) is 0 Å². The van der Waals surface area contributed by atoms with E-state index in [0.717, 1.165) is 42.5 Å². The molecule has 0 bridgehead atoms. The van der Waals surface area contributed by atoms with Crippen molar-refractivity contribution >= 4 is 34.1 Å². The molecule has 0 saturated heterocycles. The van der Waals surface area contributed by atoms with Crippen LogP contribution in [0.5, 0.6) is 0 Å². The fourth-order valence-corrected chi connectivity index (χ4v) is 4.63. The smallest absolute Gasteiger partial charge is 0.341 e. The third-order valence-electron chi connectivity index (χ3n) is 5.17. The van der Waals surface area contributed by atoms with Gasteiger partial charge in [-0.25, -0.2) is 4.79 Å². The number of carbonyl (C=O) groups excluding carboxylic acids is 3. The van der Waals surface area contributed by atoms with Crippen molar-refractivity contribution in [1.82, 2.24) is 10.2 Å². The van der Waals surface area contributed by atoms with Crippen molar-refractivity contribution in [3.8, 4) is 0 Å². The van der Waals surface area contributed by atoms with E-state index in [0.29, 0.717) is 23.7 Å². The van der Waals surface area contributed by atoms with E-state index in [9.17, 15) is 14.4 Å². The number of thiophene rings is 1. The van der Waals surface area contributed by atoms with Gasteiger partial charge in [0.15, 0.2) is 0 Å². The van der Waals surface area contributed by atoms with Gasteiger partial charge in [-0.3, -0.25) is 14.5 Å². The normalized spacial score (nSPS) is 14.2. The summed E-state index contributed by atoms with van der Waals surface area (Å²) in [6.07, 6.45) is 4.60. The molecule has 1 aromatic rings. The van der Waals surface area contributed by atoms with Crippen molar-refractivity contribution in [2.75, 3.05) is 45.8 Å². The standard InChI is InChI=1S/C21H33N3O5S/c1-5-29-21(27)18-15-9-6-7-10-16(15)30-20(18)23-19(26)14(2)24(3)13-17(25)22-11-8-12-28-4/h14H,5-13H2,1-4H3,(H,22,25)(H,23,26). The number of likely N-dealkylation sites (N-methyl/N-ethyl adjacent to an activating group) is 1. The molecule has 168 valence electrons. The van der Waals surface area contributed by atoms with Crippen molar-refractivity contribution in [3.05, 3.63) is 16.0 Å². The van der Waals surface area contributed by atoms with Crippen LogP contribution in [-0.4, -0.2) is 69.2 Å². The zero-order valence-electron chi connectivity index (χ0n) is 18.3. The van der Waals surface area contributed by atoms with E-state index in [1.54, 1.807) is 32.9 Å². The Labute approximate surface area is 182 Å². The number of anilines is 1. The highest BCUT2D eigenvalue weighted by molar-refractivity contribution is 7.17. The highest BCUT2D eigenvalue weighted by Crippen LogP contribution is 2.38. The van der Waals surface area contributed by atoms with Crippen LogP contribution in [0.2, 0.25) is 0 Å². The van der Waals surface area contributed by atoms with Crippen LogP contribution in [0.3, 0.4) is 0 Å². The van der Waals surface area contributed by atoms with Crippen LogP contribution in [-0.2, 0) is 31.9 Å². The maximum Gasteiger partial charge on any atom is 0.341 e. The molecule has 0 fully saturated rings. The molecule has 0 aliphatic heterocycles. The number of fused-ring (bicyclic) bond motifs is 1. The van der Waals surface area contributed by atoms with E-state index in [1.807, 2.05) is 0 Å². The Morgan fingerprint density at radius 1 is 1.23 bits per heavy atom. The van der Waals surface area contributed by atoms with Crippen LogP contribution in [0.25, 0.3) is 0 Å². The minimum absolute atomic E-state index is 0.104. The topological polar surface area (TPSA) is 97.0 Å². The lowest BCUT2D eigenvalue weighted by molar-refractivity contribution is -0.124. The number of esters is 1. The number of nitrogens with one attached hydrogen (secondary N) is 2. The zero-order chi connectivity index (χ0) is 22.1. The van der Waals surface area contributed by atoms with Gasteiger partial charge in [0.05, 0.1) is 24.8 Å². The molecule has 0 aromatic carbocycles. The summed E-state index contributed by atoms with van der Waals surface area (Å²) in [6.45, 7) is 5.02. The highest BCUT2D eigenvalue weighted by Gasteiger charge is 2.29. The molecule has 8 nitrogen and oxygen atoms in total. The number of rotatable bonds is 11. The monoisotopic (exact) mass is 439 g/mol. The molecule has 9 heteroatoms. The first-order chi connectivity index (χ1) is 14.4. The van der Waals surface area contributed by atoms with Gasteiger partial charge in [0.2, 0.25) is 11.8 Å². The number of ether oxygens (including phenoxy) is 2. The lowest BCUT2D eigenvalue weighted by atomic mass is 9.95. The Morgan fingerprint density at radius 2 is 1.97 bits per heavy atom. The third kappa shape index (κ3) is 6.52. The number of amides is 2. The van der Waals surface area contributed by atoms with E-state index in [1.165, 1.54) is 11.3 Å². The van der Waals surface area contributed by atoms with Gasteiger partial charge in [0, 0.05) is 25.1 Å². The lowest BCUT2D eigenvalue weighted by Crippen LogP contribution is -2.45. The predicted octanol–water partition coefficient (Wildman–Crippen LogP) is 2.22. The molecule has 1 unspecified atom stereocenters. The number of methoxy groups -OCH3 is 1. The number of hydrogen-bond acceptors (Lipinski definition) is 7. The van der Waals surface area contributed by atoms with Crippen molar-refractivity contribution in [3.63, 3.8) is 0 Å². The van der Waals surface area contributed by atoms with Crippen molar-refractivity contribution in [2.45, 2.75) is 52.0 Å². The van der Waals surface area contributed by atoms with E-state index < -0.39 is 6.04 Å². The molecule has 1 atom stereocenters. The van der Waals surface area contributed by atoms with Gasteiger partial charge in [-0.2, -0.15) is 0 Å². The zero-order valence-corrected chi connectivity index (χ0v) is 19.2. The van der Waals surface area contributed by atoms with Gasteiger partial charge in [0.1, 0.15) is 5.00 Å². The molecule has 0 radical (unpaired) electrons. The van der Waals surface area contributed by atoms with Crippen molar-refractivity contribution in [2.24, 2.45) is 0 Å². The second-order valence-electron chi connectivity index (χ2n) is 7.41. The molecular weight excluding hydrogens is 406 g/mol. The molecule has 2 amide bonds. The quantitative estimate of drug-likeness (QED) is 0.405. The van der Waals surface area contributed by atoms with Gasteiger partial charge in [-0.1, -0.05) is 0 Å². The van der Waals surface area contributed by atoms with Gasteiger partial charge < -0.3 is 20.1 Å². The summed E-state index contributed by atoms with van der Waals surface area (Å²) in [5.74, 6) is -0.787. The Morgan fingerprint density at radius 3 is 2.67 bits per heavy atom.